The number of likely N-dealkylation sites (N-methyl/N-ethyl adjacent to an activating group) is 1. The maximum Gasteiger partial charge on any atom is 0.309 e. The van der Waals surface area contributed by atoms with E-state index in [0.29, 0.717) is 12.3 Å². The van der Waals surface area contributed by atoms with E-state index in [1.807, 2.05) is 12.1 Å². The van der Waals surface area contributed by atoms with Crippen LogP contribution in [0, 0.1) is 0 Å². The smallest absolute Gasteiger partial charge is 0.309 e. The lowest BCUT2D eigenvalue weighted by molar-refractivity contribution is -0.139. The van der Waals surface area contributed by atoms with Crippen LogP contribution in [-0.4, -0.2) is 38.1 Å². The molecular weight excluding hydrogens is 214 g/mol. The van der Waals surface area contributed by atoms with Gasteiger partial charge < -0.3 is 9.64 Å². The molecule has 0 N–H and O–H groups in total. The summed E-state index contributed by atoms with van der Waals surface area (Å²) < 4.78 is 4.65. The predicted molar refractivity (Wildman–Crippen MR) is 67.0 cm³/mol. The molecule has 1 aliphatic rings. The van der Waals surface area contributed by atoms with E-state index >= 15 is 0 Å². The molecule has 0 radical (unpaired) electrons. The average Bonchev–Trinajstić information content (AvgIpc) is 2.77. The standard InChI is InChI=1S/C14H19NO2/c1-15-8-7-13(10-15)12-5-3-11(4-6-12)9-14(16)17-2/h3-6,13H,7-10H2,1-2H3. The van der Waals surface area contributed by atoms with Crippen molar-refractivity contribution in [1.29, 1.82) is 0 Å². The molecule has 1 unspecified atom stereocenters. The summed E-state index contributed by atoms with van der Waals surface area (Å²) in [5.41, 5.74) is 2.40. The first-order valence-corrected chi connectivity index (χ1v) is 6.03. The van der Waals surface area contributed by atoms with Crippen LogP contribution in [0.2, 0.25) is 0 Å². The average molecular weight is 233 g/mol. The van der Waals surface area contributed by atoms with Crippen molar-refractivity contribution in [3.05, 3.63) is 35.4 Å². The number of hydrogen-bond donors (Lipinski definition) is 0. The molecule has 1 aromatic rings. The molecule has 0 spiro atoms. The zero-order valence-corrected chi connectivity index (χ0v) is 10.5. The lowest BCUT2D eigenvalue weighted by atomic mass is 9.97. The highest BCUT2D eigenvalue weighted by Crippen LogP contribution is 2.26. The Labute approximate surface area is 102 Å². The molecule has 0 aromatic heterocycles. The zero-order chi connectivity index (χ0) is 12.3. The Kier molecular flexibility index (Phi) is 3.79. The Bertz CT molecular complexity index is 386. The molecule has 1 aromatic carbocycles. The molecule has 2 rings (SSSR count). The van der Waals surface area contributed by atoms with Gasteiger partial charge in [-0.25, -0.2) is 0 Å². The minimum absolute atomic E-state index is 0.182. The van der Waals surface area contributed by atoms with E-state index in [-0.39, 0.29) is 5.97 Å². The fourth-order valence-electron chi connectivity index (χ4n) is 2.35. The first kappa shape index (κ1) is 12.1. The summed E-state index contributed by atoms with van der Waals surface area (Å²) in [5, 5.41) is 0. The molecule has 1 heterocycles. The van der Waals surface area contributed by atoms with E-state index in [1.54, 1.807) is 0 Å². The monoisotopic (exact) mass is 233 g/mol. The van der Waals surface area contributed by atoms with Gasteiger partial charge in [0.15, 0.2) is 0 Å². The van der Waals surface area contributed by atoms with Gasteiger partial charge in [0.1, 0.15) is 0 Å². The van der Waals surface area contributed by atoms with Gasteiger partial charge >= 0.3 is 5.97 Å². The maximum absolute atomic E-state index is 11.1. The van der Waals surface area contributed by atoms with Crippen molar-refractivity contribution < 1.29 is 9.53 Å². The van der Waals surface area contributed by atoms with E-state index in [2.05, 4.69) is 28.8 Å². The summed E-state index contributed by atoms with van der Waals surface area (Å²) in [7, 11) is 3.58. The normalized spacial score (nSPS) is 20.5. The highest BCUT2D eigenvalue weighted by Gasteiger charge is 2.20. The second kappa shape index (κ2) is 5.32. The number of likely N-dealkylation sites (tertiary alicyclic amines) is 1. The van der Waals surface area contributed by atoms with Gasteiger partial charge in [0.05, 0.1) is 13.5 Å². The molecular formula is C14H19NO2. The molecule has 1 fully saturated rings. The lowest BCUT2D eigenvalue weighted by Crippen LogP contribution is -2.13. The van der Waals surface area contributed by atoms with Crippen molar-refractivity contribution in [3.63, 3.8) is 0 Å². The fourth-order valence-corrected chi connectivity index (χ4v) is 2.35. The van der Waals surface area contributed by atoms with Gasteiger partial charge in [0.2, 0.25) is 0 Å². The van der Waals surface area contributed by atoms with Crippen molar-refractivity contribution in [3.8, 4) is 0 Å². The summed E-state index contributed by atoms with van der Waals surface area (Å²) in [5.74, 6) is 0.463. The number of ether oxygens (including phenoxy) is 1. The van der Waals surface area contributed by atoms with Gasteiger partial charge in [-0.2, -0.15) is 0 Å². The highest BCUT2D eigenvalue weighted by atomic mass is 16.5. The number of esters is 1. The van der Waals surface area contributed by atoms with Crippen LogP contribution in [0.25, 0.3) is 0 Å². The van der Waals surface area contributed by atoms with E-state index < -0.39 is 0 Å². The maximum atomic E-state index is 11.1. The number of rotatable bonds is 3. The fraction of sp³-hybridized carbons (Fsp3) is 0.500. The molecule has 17 heavy (non-hydrogen) atoms. The number of hydrogen-bond acceptors (Lipinski definition) is 3. The van der Waals surface area contributed by atoms with Crippen LogP contribution in [0.15, 0.2) is 24.3 Å². The SMILES string of the molecule is COC(=O)Cc1ccc(C2CCN(C)C2)cc1. The van der Waals surface area contributed by atoms with Crippen LogP contribution < -0.4 is 0 Å². The van der Waals surface area contributed by atoms with E-state index in [4.69, 9.17) is 0 Å². The van der Waals surface area contributed by atoms with Gasteiger partial charge in [-0.15, -0.1) is 0 Å². The third kappa shape index (κ3) is 3.07. The van der Waals surface area contributed by atoms with Crippen LogP contribution in [-0.2, 0) is 16.0 Å². The van der Waals surface area contributed by atoms with Crippen LogP contribution >= 0.6 is 0 Å². The second-order valence-electron chi connectivity index (χ2n) is 4.74. The Hall–Kier alpha value is -1.35. The van der Waals surface area contributed by atoms with Crippen molar-refractivity contribution in [2.75, 3.05) is 27.2 Å². The number of nitrogens with zero attached hydrogens (tertiary/aromatic N) is 1. The number of carbonyl (C=O) groups is 1. The van der Waals surface area contributed by atoms with Gasteiger partial charge in [-0.05, 0) is 37.1 Å². The number of methoxy groups -OCH3 is 1. The van der Waals surface area contributed by atoms with Crippen molar-refractivity contribution >= 4 is 5.97 Å². The van der Waals surface area contributed by atoms with Crippen LogP contribution in [0.4, 0.5) is 0 Å². The summed E-state index contributed by atoms with van der Waals surface area (Å²) in [6, 6.07) is 8.35. The topological polar surface area (TPSA) is 29.5 Å². The van der Waals surface area contributed by atoms with Crippen LogP contribution in [0.5, 0.6) is 0 Å². The molecule has 3 nitrogen and oxygen atoms in total. The quantitative estimate of drug-likeness (QED) is 0.746. The van der Waals surface area contributed by atoms with E-state index in [9.17, 15) is 4.79 Å². The van der Waals surface area contributed by atoms with E-state index in [1.165, 1.54) is 25.6 Å². The van der Waals surface area contributed by atoms with Gasteiger partial charge in [0.25, 0.3) is 0 Å². The van der Waals surface area contributed by atoms with Crippen LogP contribution in [0.1, 0.15) is 23.5 Å². The predicted octanol–water partition coefficient (Wildman–Crippen LogP) is 1.82. The third-order valence-corrected chi connectivity index (χ3v) is 3.42. The highest BCUT2D eigenvalue weighted by molar-refractivity contribution is 5.72. The Balaban J connectivity index is 2.00. The van der Waals surface area contributed by atoms with Gasteiger partial charge in [-0.3, -0.25) is 4.79 Å². The Morgan fingerprint density at radius 2 is 2.12 bits per heavy atom. The number of carbonyl (C=O) groups excluding carboxylic acids is 1. The van der Waals surface area contributed by atoms with Crippen LogP contribution in [0.3, 0.4) is 0 Å². The third-order valence-electron chi connectivity index (χ3n) is 3.42. The minimum Gasteiger partial charge on any atom is -0.469 e. The molecule has 1 saturated heterocycles. The van der Waals surface area contributed by atoms with E-state index in [0.717, 1.165) is 12.1 Å². The first-order chi connectivity index (χ1) is 8.19. The van der Waals surface area contributed by atoms with Crippen molar-refractivity contribution in [2.24, 2.45) is 0 Å². The van der Waals surface area contributed by atoms with Crippen molar-refractivity contribution in [1.82, 2.24) is 4.90 Å². The molecule has 92 valence electrons. The first-order valence-electron chi connectivity index (χ1n) is 6.03. The zero-order valence-electron chi connectivity index (χ0n) is 10.5. The molecule has 1 aliphatic heterocycles. The number of benzene rings is 1. The second-order valence-corrected chi connectivity index (χ2v) is 4.74. The van der Waals surface area contributed by atoms with Gasteiger partial charge in [0, 0.05) is 6.54 Å². The molecule has 3 heteroatoms. The summed E-state index contributed by atoms with van der Waals surface area (Å²) in [6.07, 6.45) is 1.59. The Morgan fingerprint density at radius 3 is 2.65 bits per heavy atom. The molecule has 0 amide bonds. The summed E-state index contributed by atoms with van der Waals surface area (Å²) in [4.78, 5) is 13.5. The van der Waals surface area contributed by atoms with Gasteiger partial charge in [-0.1, -0.05) is 24.3 Å². The Morgan fingerprint density at radius 1 is 1.41 bits per heavy atom. The summed E-state index contributed by atoms with van der Waals surface area (Å²) in [6.45, 7) is 2.31. The molecule has 0 bridgehead atoms. The largest absolute Gasteiger partial charge is 0.469 e. The molecule has 0 saturated carbocycles. The minimum atomic E-state index is -0.182. The lowest BCUT2D eigenvalue weighted by Gasteiger charge is -2.11. The molecule has 1 atom stereocenters. The summed E-state index contributed by atoms with van der Waals surface area (Å²) >= 11 is 0. The van der Waals surface area contributed by atoms with Crippen molar-refractivity contribution in [2.45, 2.75) is 18.8 Å². The molecule has 0 aliphatic carbocycles.